The van der Waals surface area contributed by atoms with Crippen molar-refractivity contribution in [3.05, 3.63) is 71.9 Å². The molecule has 25 nitrogen and oxygen atoms in total. The predicted molar refractivity (Wildman–Crippen MR) is 266 cm³/mol. The number of rotatable bonds is 16. The molecule has 1 aliphatic heterocycles. The number of guanidine groups is 2. The number of hydrogen-bond donors (Lipinski definition) is 16. The number of aromatic amines is 1. The van der Waals surface area contributed by atoms with Gasteiger partial charge in [-0.05, 0) is 69.1 Å². The Morgan fingerprint density at radius 3 is 2.01 bits per heavy atom. The first-order valence-corrected chi connectivity index (χ1v) is 23.7. The van der Waals surface area contributed by atoms with Gasteiger partial charge in [-0.3, -0.25) is 54.0 Å². The fraction of sp³-hybridized carbons (Fsp3) is 0.468. The second-order valence-electron chi connectivity index (χ2n) is 17.4. The maximum absolute atomic E-state index is 14.4. The van der Waals surface area contributed by atoms with Gasteiger partial charge in [-0.25, -0.2) is 0 Å². The Morgan fingerprint density at radius 2 is 1.33 bits per heavy atom. The fourth-order valence-electron chi connectivity index (χ4n) is 7.85. The summed E-state index contributed by atoms with van der Waals surface area (Å²) >= 11 is 0. The molecule has 72 heavy (non-hydrogen) atoms. The summed E-state index contributed by atoms with van der Waals surface area (Å²) in [6, 6.07) is 6.77. The minimum absolute atomic E-state index is 0.0189. The number of para-hydroxylation sites is 1. The summed E-state index contributed by atoms with van der Waals surface area (Å²) in [6.07, 6.45) is 1.53. The molecule has 390 valence electrons. The van der Waals surface area contributed by atoms with E-state index in [1.165, 1.54) is 13.8 Å². The largest absolute Gasteiger partial charge is 0.370 e. The molecule has 0 bridgehead atoms. The van der Waals surface area contributed by atoms with Crippen molar-refractivity contribution in [3.8, 4) is 0 Å². The molecule has 2 unspecified atom stereocenters. The van der Waals surface area contributed by atoms with Crippen molar-refractivity contribution in [2.75, 3.05) is 19.6 Å². The SMILES string of the molecule is CC(=O)N[C@@H](CCCNC(=N)N)C(=O)N[C@H]1CCCNC(=O)CCC(C(N)=O)NC(=O)[C@H](Cc2c[nH]c3ccccc23)NC(=O)[C@H](CCCNC(=N)N)NC(=O)C(Cc2ccccc2)NC(=O)[C@H](C)NC1=O. The molecule has 25 heteroatoms. The molecule has 9 amide bonds. The highest BCUT2D eigenvalue weighted by atomic mass is 16.2. The zero-order chi connectivity index (χ0) is 52.7. The van der Waals surface area contributed by atoms with Crippen LogP contribution in [0.3, 0.4) is 0 Å². The molecule has 0 saturated carbocycles. The Hall–Kier alpha value is -8.25. The van der Waals surface area contributed by atoms with Crippen molar-refractivity contribution in [3.63, 3.8) is 0 Å². The van der Waals surface area contributed by atoms with Crippen molar-refractivity contribution in [1.29, 1.82) is 10.8 Å². The monoisotopic (exact) mass is 1000 g/mol. The van der Waals surface area contributed by atoms with E-state index in [1.807, 2.05) is 18.2 Å². The van der Waals surface area contributed by atoms with E-state index in [1.54, 1.807) is 42.6 Å². The van der Waals surface area contributed by atoms with Gasteiger partial charge in [0.1, 0.15) is 42.3 Å². The molecule has 2 heterocycles. The maximum atomic E-state index is 14.4. The van der Waals surface area contributed by atoms with E-state index in [4.69, 9.17) is 28.0 Å². The first-order chi connectivity index (χ1) is 34.3. The van der Waals surface area contributed by atoms with Crippen LogP contribution in [0, 0.1) is 10.8 Å². The number of H-pyrrole nitrogens is 1. The van der Waals surface area contributed by atoms with Gasteiger partial charge in [-0.15, -0.1) is 0 Å². The van der Waals surface area contributed by atoms with E-state index in [0.29, 0.717) is 17.5 Å². The van der Waals surface area contributed by atoms with Crippen LogP contribution in [0.4, 0.5) is 0 Å². The minimum atomic E-state index is -1.37. The second kappa shape index (κ2) is 28.4. The average Bonchev–Trinajstić information content (AvgIpc) is 3.74. The second-order valence-corrected chi connectivity index (χ2v) is 17.4. The Balaban J connectivity index is 1.71. The predicted octanol–water partition coefficient (Wildman–Crippen LogP) is -2.91. The van der Waals surface area contributed by atoms with Crippen molar-refractivity contribution >= 4 is 76.0 Å². The van der Waals surface area contributed by atoms with Crippen LogP contribution in [-0.4, -0.2) is 132 Å². The van der Waals surface area contributed by atoms with Crippen molar-refractivity contribution in [2.45, 2.75) is 120 Å². The Bertz CT molecular complexity index is 2410. The smallest absolute Gasteiger partial charge is 0.243 e. The number of benzene rings is 2. The van der Waals surface area contributed by atoms with Gasteiger partial charge in [0, 0.05) is 62.9 Å². The van der Waals surface area contributed by atoms with Gasteiger partial charge in [-0.1, -0.05) is 48.5 Å². The van der Waals surface area contributed by atoms with Crippen molar-refractivity contribution < 1.29 is 43.2 Å². The first kappa shape index (κ1) is 56.3. The van der Waals surface area contributed by atoms with Crippen LogP contribution >= 0.6 is 0 Å². The summed E-state index contributed by atoms with van der Waals surface area (Å²) in [6.45, 7) is 2.89. The molecule has 0 spiro atoms. The van der Waals surface area contributed by atoms with E-state index >= 15 is 0 Å². The van der Waals surface area contributed by atoms with Crippen LogP contribution in [-0.2, 0) is 56.0 Å². The number of hydrogen-bond acceptors (Lipinski definition) is 11. The molecular weight excluding hydrogens is 933 g/mol. The molecule has 0 aliphatic carbocycles. The highest BCUT2D eigenvalue weighted by Crippen LogP contribution is 2.20. The summed E-state index contributed by atoms with van der Waals surface area (Å²) in [5, 5.41) is 42.2. The lowest BCUT2D eigenvalue weighted by molar-refractivity contribution is -0.135. The molecule has 1 saturated heterocycles. The van der Waals surface area contributed by atoms with E-state index in [-0.39, 0.29) is 89.3 Å². The lowest BCUT2D eigenvalue weighted by Gasteiger charge is -2.27. The number of primary amides is 1. The third kappa shape index (κ3) is 18.9. The van der Waals surface area contributed by atoms with Gasteiger partial charge in [0.2, 0.25) is 53.2 Å². The molecule has 3 aromatic rings. The van der Waals surface area contributed by atoms with Crippen molar-refractivity contribution in [2.24, 2.45) is 17.2 Å². The number of fused-ring (bicyclic) bond motifs is 1. The average molecular weight is 1000 g/mol. The molecule has 0 radical (unpaired) electrons. The zero-order valence-electron chi connectivity index (χ0n) is 40.4. The Kier molecular flexibility index (Phi) is 22.2. The molecule has 1 aliphatic rings. The van der Waals surface area contributed by atoms with Gasteiger partial charge in [0.05, 0.1) is 0 Å². The van der Waals surface area contributed by atoms with Gasteiger partial charge < -0.3 is 75.4 Å². The van der Waals surface area contributed by atoms with E-state index < -0.39 is 95.5 Å². The summed E-state index contributed by atoms with van der Waals surface area (Å²) in [5.74, 6) is -7.43. The molecule has 2 aromatic carbocycles. The number of nitrogens with two attached hydrogens (primary N) is 3. The van der Waals surface area contributed by atoms with E-state index in [2.05, 4.69) is 58.2 Å². The first-order valence-electron chi connectivity index (χ1n) is 23.7. The number of carbonyl (C=O) groups is 9. The highest BCUT2D eigenvalue weighted by Gasteiger charge is 2.34. The standard InChI is InChI=1S/C47H68N16O9/c1-26-40(67)62-36(23-28-11-4-3-5-12-28)44(71)61-35(17-10-22-55-47(51)52)43(70)63-37(24-29-25-56-31-14-7-6-13-30(29)31)45(72)59-32(39(48)66)18-19-38(65)53-20-8-16-34(41(68)57-26)60-42(69)33(58-27(2)64)15-9-21-54-46(49)50/h3-7,11-14,25-26,32-37,56H,8-10,15-24H2,1-2H3,(H2,48,66)(H,53,65)(H,57,68)(H,58,64)(H,59,72)(H,60,69)(H,61,71)(H,62,67)(H,63,70)(H4,49,50,54)(H4,51,52,55)/t26-,32?,33-,34-,35-,36?,37-/m0/s1. The Labute approximate surface area is 416 Å². The van der Waals surface area contributed by atoms with Crippen LogP contribution in [0.25, 0.3) is 10.9 Å². The quantitative estimate of drug-likeness (QED) is 0.0389. The summed E-state index contributed by atoms with van der Waals surface area (Å²) in [4.78, 5) is 126. The van der Waals surface area contributed by atoms with Crippen LogP contribution in [0.5, 0.6) is 0 Å². The zero-order valence-corrected chi connectivity index (χ0v) is 40.4. The number of amides is 9. The fourth-order valence-corrected chi connectivity index (χ4v) is 7.85. The van der Waals surface area contributed by atoms with E-state index in [9.17, 15) is 43.2 Å². The topological polar surface area (TPSA) is 415 Å². The molecule has 4 rings (SSSR count). The lowest BCUT2D eigenvalue weighted by atomic mass is 10.0. The van der Waals surface area contributed by atoms with Crippen LogP contribution in [0.2, 0.25) is 0 Å². The number of aromatic nitrogens is 1. The van der Waals surface area contributed by atoms with E-state index in [0.717, 1.165) is 10.9 Å². The third-order valence-corrected chi connectivity index (χ3v) is 11.6. The van der Waals surface area contributed by atoms with Crippen molar-refractivity contribution in [1.82, 2.24) is 58.2 Å². The van der Waals surface area contributed by atoms with Gasteiger partial charge >= 0.3 is 0 Å². The van der Waals surface area contributed by atoms with Gasteiger partial charge in [-0.2, -0.15) is 0 Å². The normalized spacial score (nSPS) is 21.5. The number of nitrogens with one attached hydrogen (secondary N) is 13. The Morgan fingerprint density at radius 1 is 0.722 bits per heavy atom. The third-order valence-electron chi connectivity index (χ3n) is 11.6. The molecular formula is C47H68N16O9. The summed E-state index contributed by atoms with van der Waals surface area (Å²) < 4.78 is 0. The summed E-state index contributed by atoms with van der Waals surface area (Å²) in [7, 11) is 0. The minimum Gasteiger partial charge on any atom is -0.370 e. The molecule has 19 N–H and O–H groups in total. The number of carbonyl (C=O) groups excluding carboxylic acids is 9. The highest BCUT2D eigenvalue weighted by molar-refractivity contribution is 5.98. The molecule has 1 aromatic heterocycles. The molecule has 7 atom stereocenters. The van der Waals surface area contributed by atoms with Crippen LogP contribution < -0.4 is 70.4 Å². The molecule has 1 fully saturated rings. The lowest BCUT2D eigenvalue weighted by Crippen LogP contribution is -2.60. The maximum Gasteiger partial charge on any atom is 0.243 e. The van der Waals surface area contributed by atoms with Gasteiger partial charge in [0.25, 0.3) is 0 Å². The van der Waals surface area contributed by atoms with Crippen LogP contribution in [0.1, 0.15) is 76.3 Å². The van der Waals surface area contributed by atoms with Crippen LogP contribution in [0.15, 0.2) is 60.8 Å². The summed E-state index contributed by atoms with van der Waals surface area (Å²) in [5.41, 5.74) is 18.6. The van der Waals surface area contributed by atoms with Gasteiger partial charge in [0.15, 0.2) is 11.9 Å².